The predicted molar refractivity (Wildman–Crippen MR) is 96.6 cm³/mol. The van der Waals surface area contributed by atoms with Crippen LogP contribution in [0.25, 0.3) is 0 Å². The summed E-state index contributed by atoms with van der Waals surface area (Å²) in [6.45, 7) is 5.80. The normalized spacial score (nSPS) is 15.1. The van der Waals surface area contributed by atoms with Crippen molar-refractivity contribution in [2.75, 3.05) is 31.7 Å². The van der Waals surface area contributed by atoms with Crippen LogP contribution in [0.15, 0.2) is 24.3 Å². The minimum absolute atomic E-state index is 0.0224. The van der Waals surface area contributed by atoms with E-state index in [1.807, 2.05) is 6.92 Å². The SMILES string of the molecule is CCOCC1(CNC(=O)COc2ccc(NC(=O)CC)cc2)CCC1. The third-order valence-corrected chi connectivity index (χ3v) is 4.52. The Morgan fingerprint density at radius 2 is 1.84 bits per heavy atom. The first-order chi connectivity index (χ1) is 12.1. The second-order valence-electron chi connectivity index (χ2n) is 6.48. The highest BCUT2D eigenvalue weighted by atomic mass is 16.5. The molecule has 2 amide bonds. The van der Waals surface area contributed by atoms with Crippen molar-refractivity contribution in [3.8, 4) is 5.75 Å². The van der Waals surface area contributed by atoms with Gasteiger partial charge in [0.1, 0.15) is 5.75 Å². The molecule has 0 atom stereocenters. The molecule has 6 nitrogen and oxygen atoms in total. The van der Waals surface area contributed by atoms with E-state index in [9.17, 15) is 9.59 Å². The first-order valence-corrected chi connectivity index (χ1v) is 8.94. The molecular weight excluding hydrogens is 320 g/mol. The van der Waals surface area contributed by atoms with Crippen molar-refractivity contribution in [2.24, 2.45) is 5.41 Å². The molecule has 1 saturated carbocycles. The van der Waals surface area contributed by atoms with Gasteiger partial charge in [-0.05, 0) is 44.0 Å². The number of carbonyl (C=O) groups excluding carboxylic acids is 2. The van der Waals surface area contributed by atoms with E-state index in [1.54, 1.807) is 31.2 Å². The fourth-order valence-electron chi connectivity index (χ4n) is 2.74. The molecule has 0 aromatic heterocycles. The van der Waals surface area contributed by atoms with Gasteiger partial charge in [0.2, 0.25) is 5.91 Å². The van der Waals surface area contributed by atoms with Gasteiger partial charge < -0.3 is 20.1 Å². The first kappa shape index (κ1) is 19.2. The average molecular weight is 348 g/mol. The summed E-state index contributed by atoms with van der Waals surface area (Å²) in [5.74, 6) is 0.425. The van der Waals surface area contributed by atoms with Crippen LogP contribution in [0.3, 0.4) is 0 Å². The van der Waals surface area contributed by atoms with Crippen molar-refractivity contribution in [1.29, 1.82) is 0 Å². The zero-order valence-corrected chi connectivity index (χ0v) is 15.1. The molecular formula is C19H28N2O4. The second kappa shape index (κ2) is 9.42. The van der Waals surface area contributed by atoms with Gasteiger partial charge in [-0.1, -0.05) is 13.3 Å². The van der Waals surface area contributed by atoms with Crippen LogP contribution in [0, 0.1) is 5.41 Å². The Morgan fingerprint density at radius 3 is 2.40 bits per heavy atom. The summed E-state index contributed by atoms with van der Waals surface area (Å²) in [5, 5.41) is 5.71. The molecule has 1 aliphatic carbocycles. The van der Waals surface area contributed by atoms with Crippen LogP contribution in [0.2, 0.25) is 0 Å². The molecule has 6 heteroatoms. The van der Waals surface area contributed by atoms with Crippen LogP contribution in [0.5, 0.6) is 5.75 Å². The Kier molecular flexibility index (Phi) is 7.25. The van der Waals surface area contributed by atoms with Gasteiger partial charge in [0, 0.05) is 30.7 Å². The highest BCUT2D eigenvalue weighted by molar-refractivity contribution is 5.90. The predicted octanol–water partition coefficient (Wildman–Crippen LogP) is 2.74. The number of hydrogen-bond acceptors (Lipinski definition) is 4. The van der Waals surface area contributed by atoms with Crippen LogP contribution in [0.4, 0.5) is 5.69 Å². The van der Waals surface area contributed by atoms with Crippen molar-refractivity contribution < 1.29 is 19.1 Å². The lowest BCUT2D eigenvalue weighted by molar-refractivity contribution is -0.124. The molecule has 25 heavy (non-hydrogen) atoms. The summed E-state index contributed by atoms with van der Waals surface area (Å²) in [6, 6.07) is 6.99. The quantitative estimate of drug-likeness (QED) is 0.682. The summed E-state index contributed by atoms with van der Waals surface area (Å²) in [6.07, 6.45) is 3.82. The van der Waals surface area contributed by atoms with Crippen LogP contribution < -0.4 is 15.4 Å². The Bertz CT molecular complexity index is 567. The lowest BCUT2D eigenvalue weighted by Gasteiger charge is -2.41. The molecule has 0 heterocycles. The third kappa shape index (κ3) is 6.05. The van der Waals surface area contributed by atoms with Crippen LogP contribution in [-0.2, 0) is 14.3 Å². The molecule has 0 bridgehead atoms. The van der Waals surface area contributed by atoms with Gasteiger partial charge in [0.25, 0.3) is 5.91 Å². The summed E-state index contributed by atoms with van der Waals surface area (Å²) in [7, 11) is 0. The van der Waals surface area contributed by atoms with E-state index in [-0.39, 0.29) is 23.8 Å². The summed E-state index contributed by atoms with van der Waals surface area (Å²) in [4.78, 5) is 23.3. The number of amides is 2. The Hall–Kier alpha value is -2.08. The van der Waals surface area contributed by atoms with Crippen molar-refractivity contribution in [3.63, 3.8) is 0 Å². The summed E-state index contributed by atoms with van der Waals surface area (Å²) >= 11 is 0. The van der Waals surface area contributed by atoms with E-state index in [2.05, 4.69) is 10.6 Å². The zero-order valence-electron chi connectivity index (χ0n) is 15.1. The van der Waals surface area contributed by atoms with E-state index in [4.69, 9.17) is 9.47 Å². The number of hydrogen-bond donors (Lipinski definition) is 2. The highest BCUT2D eigenvalue weighted by Gasteiger charge is 2.37. The smallest absolute Gasteiger partial charge is 0.257 e. The minimum Gasteiger partial charge on any atom is -0.484 e. The number of rotatable bonds is 10. The number of nitrogens with one attached hydrogen (secondary N) is 2. The van der Waals surface area contributed by atoms with E-state index in [0.29, 0.717) is 37.6 Å². The van der Waals surface area contributed by atoms with Gasteiger partial charge in [0.05, 0.1) is 6.61 Å². The Labute approximate surface area is 149 Å². The molecule has 1 aliphatic rings. The van der Waals surface area contributed by atoms with Crippen molar-refractivity contribution >= 4 is 17.5 Å². The van der Waals surface area contributed by atoms with Gasteiger partial charge >= 0.3 is 0 Å². The molecule has 0 unspecified atom stereocenters. The molecule has 2 N–H and O–H groups in total. The topological polar surface area (TPSA) is 76.7 Å². The lowest BCUT2D eigenvalue weighted by atomic mass is 9.69. The van der Waals surface area contributed by atoms with Crippen molar-refractivity contribution in [1.82, 2.24) is 5.32 Å². The van der Waals surface area contributed by atoms with Gasteiger partial charge in [-0.3, -0.25) is 9.59 Å². The molecule has 1 aromatic rings. The zero-order chi connectivity index (χ0) is 18.1. The summed E-state index contributed by atoms with van der Waals surface area (Å²) in [5.41, 5.74) is 0.816. The minimum atomic E-state index is -0.133. The molecule has 1 fully saturated rings. The molecule has 0 saturated heterocycles. The fourth-order valence-corrected chi connectivity index (χ4v) is 2.74. The van der Waals surface area contributed by atoms with Gasteiger partial charge in [-0.15, -0.1) is 0 Å². The molecule has 1 aromatic carbocycles. The third-order valence-electron chi connectivity index (χ3n) is 4.52. The Morgan fingerprint density at radius 1 is 1.12 bits per heavy atom. The maximum atomic E-state index is 12.0. The van der Waals surface area contributed by atoms with Crippen molar-refractivity contribution in [2.45, 2.75) is 39.5 Å². The average Bonchev–Trinajstić information content (AvgIpc) is 2.59. The summed E-state index contributed by atoms with van der Waals surface area (Å²) < 4.78 is 11.0. The highest BCUT2D eigenvalue weighted by Crippen LogP contribution is 2.40. The van der Waals surface area contributed by atoms with Crippen LogP contribution in [-0.4, -0.2) is 38.2 Å². The van der Waals surface area contributed by atoms with Crippen LogP contribution >= 0.6 is 0 Å². The maximum Gasteiger partial charge on any atom is 0.257 e. The van der Waals surface area contributed by atoms with Gasteiger partial charge in [-0.25, -0.2) is 0 Å². The second-order valence-corrected chi connectivity index (χ2v) is 6.48. The number of carbonyl (C=O) groups is 2. The van der Waals surface area contributed by atoms with E-state index < -0.39 is 0 Å². The molecule has 138 valence electrons. The maximum absolute atomic E-state index is 12.0. The van der Waals surface area contributed by atoms with E-state index in [0.717, 1.165) is 12.8 Å². The Balaban J connectivity index is 1.71. The van der Waals surface area contributed by atoms with Gasteiger partial charge in [0.15, 0.2) is 6.61 Å². The van der Waals surface area contributed by atoms with E-state index >= 15 is 0 Å². The van der Waals surface area contributed by atoms with Crippen LogP contribution in [0.1, 0.15) is 39.5 Å². The first-order valence-electron chi connectivity index (χ1n) is 8.94. The number of ether oxygens (including phenoxy) is 2. The lowest BCUT2D eigenvalue weighted by Crippen LogP contribution is -2.46. The van der Waals surface area contributed by atoms with Gasteiger partial charge in [-0.2, -0.15) is 0 Å². The molecule has 0 spiro atoms. The number of benzene rings is 1. The molecule has 2 rings (SSSR count). The standard InChI is InChI=1S/C19H28N2O4/c1-3-17(22)21-15-6-8-16(9-7-15)25-12-18(23)20-13-19(10-5-11-19)14-24-4-2/h6-9H,3-5,10-14H2,1-2H3,(H,20,23)(H,21,22). The largest absolute Gasteiger partial charge is 0.484 e. The van der Waals surface area contributed by atoms with E-state index in [1.165, 1.54) is 6.42 Å². The van der Waals surface area contributed by atoms with Crippen molar-refractivity contribution in [3.05, 3.63) is 24.3 Å². The molecule has 0 radical (unpaired) electrons. The monoisotopic (exact) mass is 348 g/mol. The fraction of sp³-hybridized carbons (Fsp3) is 0.579. The molecule has 0 aliphatic heterocycles. The number of anilines is 1.